The molecule has 0 unspecified atom stereocenters. The standard InChI is InChI=1S/C14H11BrO4S/c15-11-6-7-12(14(16)17)13(8-11)20(18,19)9-10-4-2-1-3-5-10/h1-8H,9H2,(H,16,17). The second-order valence-electron chi connectivity index (χ2n) is 4.19. The van der Waals surface area contributed by atoms with E-state index >= 15 is 0 Å². The minimum absolute atomic E-state index is 0.178. The summed E-state index contributed by atoms with van der Waals surface area (Å²) in [5, 5.41) is 9.11. The van der Waals surface area contributed by atoms with Gasteiger partial charge >= 0.3 is 5.97 Å². The van der Waals surface area contributed by atoms with Gasteiger partial charge in [0, 0.05) is 4.47 Å². The number of benzene rings is 2. The average molecular weight is 355 g/mol. The Morgan fingerprint density at radius 2 is 1.75 bits per heavy atom. The molecule has 0 bridgehead atoms. The first kappa shape index (κ1) is 14.7. The molecule has 2 aromatic carbocycles. The summed E-state index contributed by atoms with van der Waals surface area (Å²) in [6.07, 6.45) is 0. The van der Waals surface area contributed by atoms with Crippen LogP contribution in [0.3, 0.4) is 0 Å². The van der Waals surface area contributed by atoms with Gasteiger partial charge in [-0.1, -0.05) is 46.3 Å². The zero-order valence-electron chi connectivity index (χ0n) is 10.3. The Hall–Kier alpha value is -1.66. The van der Waals surface area contributed by atoms with Gasteiger partial charge < -0.3 is 5.11 Å². The molecule has 1 N–H and O–H groups in total. The number of carbonyl (C=O) groups is 1. The molecule has 0 atom stereocenters. The van der Waals surface area contributed by atoms with Gasteiger partial charge in [-0.05, 0) is 23.8 Å². The maximum absolute atomic E-state index is 12.4. The molecule has 0 radical (unpaired) electrons. The van der Waals surface area contributed by atoms with E-state index in [0.29, 0.717) is 10.0 Å². The molecule has 6 heteroatoms. The van der Waals surface area contributed by atoms with Crippen molar-refractivity contribution in [2.24, 2.45) is 0 Å². The van der Waals surface area contributed by atoms with Gasteiger partial charge in [-0.2, -0.15) is 0 Å². The van der Waals surface area contributed by atoms with Gasteiger partial charge in [0.1, 0.15) is 0 Å². The van der Waals surface area contributed by atoms with Gasteiger partial charge in [-0.25, -0.2) is 13.2 Å². The van der Waals surface area contributed by atoms with Crippen LogP contribution in [0.1, 0.15) is 15.9 Å². The van der Waals surface area contributed by atoms with E-state index in [1.807, 2.05) is 0 Å². The zero-order valence-corrected chi connectivity index (χ0v) is 12.7. The van der Waals surface area contributed by atoms with E-state index in [4.69, 9.17) is 5.11 Å². The summed E-state index contributed by atoms with van der Waals surface area (Å²) in [6, 6.07) is 12.8. The fourth-order valence-electron chi connectivity index (χ4n) is 1.80. The highest BCUT2D eigenvalue weighted by Gasteiger charge is 2.23. The van der Waals surface area contributed by atoms with Crippen LogP contribution in [-0.2, 0) is 15.6 Å². The van der Waals surface area contributed by atoms with Crippen molar-refractivity contribution in [1.29, 1.82) is 0 Å². The van der Waals surface area contributed by atoms with Crippen molar-refractivity contribution in [2.45, 2.75) is 10.6 Å². The summed E-state index contributed by atoms with van der Waals surface area (Å²) in [6.45, 7) is 0. The number of hydrogen-bond donors (Lipinski definition) is 1. The Balaban J connectivity index is 2.49. The molecule has 4 nitrogen and oxygen atoms in total. The second-order valence-corrected chi connectivity index (χ2v) is 7.06. The number of sulfone groups is 1. The third-order valence-corrected chi connectivity index (χ3v) is 4.92. The highest BCUT2D eigenvalue weighted by atomic mass is 79.9. The molecule has 0 aliphatic rings. The number of hydrogen-bond acceptors (Lipinski definition) is 3. The van der Waals surface area contributed by atoms with Crippen LogP contribution in [0.2, 0.25) is 0 Å². The fourth-order valence-corrected chi connectivity index (χ4v) is 3.90. The largest absolute Gasteiger partial charge is 0.478 e. The Labute approximate surface area is 125 Å². The van der Waals surface area contributed by atoms with Crippen molar-refractivity contribution in [3.8, 4) is 0 Å². The van der Waals surface area contributed by atoms with Crippen LogP contribution in [0, 0.1) is 0 Å². The highest BCUT2D eigenvalue weighted by molar-refractivity contribution is 9.10. The maximum atomic E-state index is 12.4. The lowest BCUT2D eigenvalue weighted by molar-refractivity contribution is 0.0692. The van der Waals surface area contributed by atoms with Crippen molar-refractivity contribution < 1.29 is 18.3 Å². The molecule has 0 aliphatic carbocycles. The molecule has 0 saturated heterocycles. The van der Waals surface area contributed by atoms with E-state index in [0.717, 1.165) is 0 Å². The molecule has 20 heavy (non-hydrogen) atoms. The van der Waals surface area contributed by atoms with Crippen LogP contribution in [-0.4, -0.2) is 19.5 Å². The topological polar surface area (TPSA) is 71.4 Å². The summed E-state index contributed by atoms with van der Waals surface area (Å²) in [4.78, 5) is 11.0. The summed E-state index contributed by atoms with van der Waals surface area (Å²) in [5.41, 5.74) is 0.396. The van der Waals surface area contributed by atoms with Crippen molar-refractivity contribution in [2.75, 3.05) is 0 Å². The normalized spacial score (nSPS) is 11.2. The quantitative estimate of drug-likeness (QED) is 0.915. The van der Waals surface area contributed by atoms with Crippen molar-refractivity contribution in [3.63, 3.8) is 0 Å². The smallest absolute Gasteiger partial charge is 0.337 e. The fraction of sp³-hybridized carbons (Fsp3) is 0.0714. The molecule has 2 rings (SSSR count). The third kappa shape index (κ3) is 3.26. The molecule has 0 aromatic heterocycles. The number of carboxylic acid groups (broad SMARTS) is 1. The van der Waals surface area contributed by atoms with Crippen LogP contribution < -0.4 is 0 Å². The van der Waals surface area contributed by atoms with Crippen molar-refractivity contribution in [1.82, 2.24) is 0 Å². The Morgan fingerprint density at radius 1 is 1.10 bits per heavy atom. The van der Waals surface area contributed by atoms with E-state index < -0.39 is 15.8 Å². The lowest BCUT2D eigenvalue weighted by atomic mass is 10.2. The third-order valence-electron chi connectivity index (χ3n) is 2.71. The first-order valence-corrected chi connectivity index (χ1v) is 8.14. The van der Waals surface area contributed by atoms with E-state index in [1.165, 1.54) is 18.2 Å². The monoisotopic (exact) mass is 354 g/mol. The van der Waals surface area contributed by atoms with E-state index in [-0.39, 0.29) is 16.2 Å². The number of rotatable bonds is 4. The van der Waals surface area contributed by atoms with E-state index in [9.17, 15) is 13.2 Å². The summed E-state index contributed by atoms with van der Waals surface area (Å²) < 4.78 is 25.3. The average Bonchev–Trinajstić information content (AvgIpc) is 2.39. The molecule has 0 spiro atoms. The van der Waals surface area contributed by atoms with Gasteiger partial charge in [0.2, 0.25) is 0 Å². The van der Waals surface area contributed by atoms with E-state index in [2.05, 4.69) is 15.9 Å². The minimum atomic E-state index is -3.72. The van der Waals surface area contributed by atoms with Crippen molar-refractivity contribution in [3.05, 3.63) is 64.1 Å². The van der Waals surface area contributed by atoms with Crippen molar-refractivity contribution >= 4 is 31.7 Å². The SMILES string of the molecule is O=C(O)c1ccc(Br)cc1S(=O)(=O)Cc1ccccc1. The van der Waals surface area contributed by atoms with Gasteiger partial charge in [0.15, 0.2) is 9.84 Å². The number of aromatic carboxylic acids is 1. The summed E-state index contributed by atoms with van der Waals surface area (Å²) in [7, 11) is -3.72. The molecule has 2 aromatic rings. The molecule has 0 aliphatic heterocycles. The maximum Gasteiger partial charge on any atom is 0.337 e. The molecule has 104 valence electrons. The first-order chi connectivity index (χ1) is 9.40. The predicted molar refractivity (Wildman–Crippen MR) is 78.4 cm³/mol. The molecular weight excluding hydrogens is 344 g/mol. The van der Waals surface area contributed by atoms with Gasteiger partial charge in [-0.3, -0.25) is 0 Å². The van der Waals surface area contributed by atoms with Crippen LogP contribution in [0.15, 0.2) is 57.9 Å². The molecule has 0 fully saturated rings. The van der Waals surface area contributed by atoms with Gasteiger partial charge in [0.05, 0.1) is 16.2 Å². The van der Waals surface area contributed by atoms with Crippen LogP contribution >= 0.6 is 15.9 Å². The Morgan fingerprint density at radius 3 is 2.35 bits per heavy atom. The Bertz CT molecular complexity index is 739. The molecule has 0 amide bonds. The minimum Gasteiger partial charge on any atom is -0.478 e. The molecule has 0 saturated carbocycles. The number of halogens is 1. The first-order valence-electron chi connectivity index (χ1n) is 5.70. The summed E-state index contributed by atoms with van der Waals surface area (Å²) >= 11 is 3.17. The highest BCUT2D eigenvalue weighted by Crippen LogP contribution is 2.24. The van der Waals surface area contributed by atoms with E-state index in [1.54, 1.807) is 30.3 Å². The predicted octanol–water partition coefficient (Wildman–Crippen LogP) is 3.12. The van der Waals surface area contributed by atoms with Gasteiger partial charge in [0.25, 0.3) is 0 Å². The number of carboxylic acids is 1. The lowest BCUT2D eigenvalue weighted by Crippen LogP contribution is -2.11. The summed E-state index contributed by atoms with van der Waals surface area (Å²) in [5.74, 6) is -1.49. The van der Waals surface area contributed by atoms with Crippen LogP contribution in [0.5, 0.6) is 0 Å². The lowest BCUT2D eigenvalue weighted by Gasteiger charge is -2.08. The van der Waals surface area contributed by atoms with Crippen LogP contribution in [0.4, 0.5) is 0 Å². The van der Waals surface area contributed by atoms with Gasteiger partial charge in [-0.15, -0.1) is 0 Å². The molecule has 0 heterocycles. The molecular formula is C14H11BrO4S. The van der Waals surface area contributed by atoms with Crippen LogP contribution in [0.25, 0.3) is 0 Å². The zero-order chi connectivity index (χ0) is 14.8. The Kier molecular flexibility index (Phi) is 4.25. The second kappa shape index (κ2) is 5.76.